The van der Waals surface area contributed by atoms with Crippen molar-refractivity contribution in [3.63, 3.8) is 0 Å². The van der Waals surface area contributed by atoms with Crippen LogP contribution in [0.1, 0.15) is 82.0 Å². The molecule has 1 aliphatic rings. The van der Waals surface area contributed by atoms with E-state index in [1.807, 2.05) is 84.9 Å². The standard InChI is InChI=1S/C43H44N2O5/c1-31(2)38-26-39(41(50-30-34-14-8-4-9-15-34)27-40(38)49-29-33-12-6-3-7-13-33)42(46)45(28-32-16-18-35(19-17-32)43(47)48)37-22-20-36(21-23-37)44-24-10-5-11-25-44/h3-4,6-9,12-23,26-27,31H,5,10-11,24-25,28-30H2,1-2H3,(H,47,48). The Labute approximate surface area is 294 Å². The second-order valence-corrected chi connectivity index (χ2v) is 13.0. The molecule has 1 heterocycles. The van der Waals surface area contributed by atoms with Gasteiger partial charge in [0.15, 0.2) is 0 Å². The first-order valence-corrected chi connectivity index (χ1v) is 17.4. The number of aromatic carboxylic acids is 1. The number of nitrogens with zero attached hydrogens (tertiary/aromatic N) is 2. The molecular formula is C43H44N2O5. The summed E-state index contributed by atoms with van der Waals surface area (Å²) in [5.41, 5.74) is 6.24. The minimum Gasteiger partial charge on any atom is -0.488 e. The van der Waals surface area contributed by atoms with Crippen LogP contribution in [0.5, 0.6) is 11.5 Å². The Kier molecular flexibility index (Phi) is 11.1. The van der Waals surface area contributed by atoms with Crippen molar-refractivity contribution in [3.8, 4) is 11.5 Å². The molecule has 0 radical (unpaired) electrons. The largest absolute Gasteiger partial charge is 0.488 e. The van der Waals surface area contributed by atoms with Gasteiger partial charge in [0.25, 0.3) is 5.91 Å². The molecule has 1 amide bonds. The summed E-state index contributed by atoms with van der Waals surface area (Å²) in [6.07, 6.45) is 3.60. The van der Waals surface area contributed by atoms with Crippen LogP contribution in [-0.2, 0) is 19.8 Å². The second-order valence-electron chi connectivity index (χ2n) is 13.0. The number of carboxylic acid groups (broad SMARTS) is 1. The van der Waals surface area contributed by atoms with Crippen LogP contribution in [0.25, 0.3) is 0 Å². The summed E-state index contributed by atoms with van der Waals surface area (Å²) in [6, 6.07) is 38.5. The van der Waals surface area contributed by atoms with E-state index in [1.165, 1.54) is 19.3 Å². The summed E-state index contributed by atoms with van der Waals surface area (Å²) in [7, 11) is 0. The number of carbonyl (C=O) groups is 2. The molecule has 7 heteroatoms. The van der Waals surface area contributed by atoms with E-state index in [0.717, 1.165) is 46.7 Å². The molecule has 1 saturated heterocycles. The number of benzene rings is 5. The summed E-state index contributed by atoms with van der Waals surface area (Å²) < 4.78 is 12.8. The molecule has 0 spiro atoms. The van der Waals surface area contributed by atoms with Crippen LogP contribution in [0.2, 0.25) is 0 Å². The van der Waals surface area contributed by atoms with Gasteiger partial charge in [-0.3, -0.25) is 4.79 Å². The van der Waals surface area contributed by atoms with Gasteiger partial charge in [0, 0.05) is 30.5 Å². The topological polar surface area (TPSA) is 79.3 Å². The third-order valence-corrected chi connectivity index (χ3v) is 9.11. The van der Waals surface area contributed by atoms with E-state index in [1.54, 1.807) is 29.2 Å². The fourth-order valence-electron chi connectivity index (χ4n) is 6.27. The molecule has 7 nitrogen and oxygen atoms in total. The lowest BCUT2D eigenvalue weighted by Gasteiger charge is -2.30. The number of anilines is 2. The Morgan fingerprint density at radius 2 is 1.28 bits per heavy atom. The monoisotopic (exact) mass is 668 g/mol. The summed E-state index contributed by atoms with van der Waals surface area (Å²) in [6.45, 7) is 7.13. The van der Waals surface area contributed by atoms with Crippen LogP contribution in [0.3, 0.4) is 0 Å². The van der Waals surface area contributed by atoms with Crippen molar-refractivity contribution >= 4 is 23.3 Å². The molecule has 0 aromatic heterocycles. The molecule has 5 aromatic rings. The molecule has 50 heavy (non-hydrogen) atoms. The van der Waals surface area contributed by atoms with Gasteiger partial charge in [0.1, 0.15) is 24.7 Å². The number of carboxylic acids is 1. The van der Waals surface area contributed by atoms with Gasteiger partial charge < -0.3 is 24.4 Å². The number of hydrogen-bond acceptors (Lipinski definition) is 5. The van der Waals surface area contributed by atoms with Crippen molar-refractivity contribution in [1.82, 2.24) is 0 Å². The minimum absolute atomic E-state index is 0.0661. The van der Waals surface area contributed by atoms with E-state index >= 15 is 0 Å². The van der Waals surface area contributed by atoms with Crippen molar-refractivity contribution in [2.45, 2.75) is 58.8 Å². The van der Waals surface area contributed by atoms with Gasteiger partial charge in [-0.25, -0.2) is 4.79 Å². The Balaban J connectivity index is 1.39. The number of ether oxygens (including phenoxy) is 2. The van der Waals surface area contributed by atoms with E-state index in [4.69, 9.17) is 9.47 Å². The van der Waals surface area contributed by atoms with Crippen LogP contribution in [0.15, 0.2) is 121 Å². The molecule has 0 unspecified atom stereocenters. The first-order chi connectivity index (χ1) is 24.4. The molecule has 1 N–H and O–H groups in total. The highest BCUT2D eigenvalue weighted by molar-refractivity contribution is 6.08. The molecule has 6 rings (SSSR count). The van der Waals surface area contributed by atoms with E-state index in [9.17, 15) is 14.7 Å². The lowest BCUT2D eigenvalue weighted by molar-refractivity contribution is 0.0696. The average molecular weight is 669 g/mol. The lowest BCUT2D eigenvalue weighted by atomic mass is 9.97. The number of piperidine rings is 1. The van der Waals surface area contributed by atoms with E-state index < -0.39 is 5.97 Å². The van der Waals surface area contributed by atoms with Crippen molar-refractivity contribution in [3.05, 3.63) is 155 Å². The second kappa shape index (κ2) is 16.2. The fourth-order valence-corrected chi connectivity index (χ4v) is 6.27. The number of rotatable bonds is 13. The minimum atomic E-state index is -0.992. The van der Waals surface area contributed by atoms with E-state index in [-0.39, 0.29) is 30.5 Å². The quantitative estimate of drug-likeness (QED) is 0.135. The third kappa shape index (κ3) is 8.53. The van der Waals surface area contributed by atoms with Crippen LogP contribution >= 0.6 is 0 Å². The van der Waals surface area contributed by atoms with Gasteiger partial charge in [-0.15, -0.1) is 0 Å². The highest BCUT2D eigenvalue weighted by Crippen LogP contribution is 2.37. The highest BCUT2D eigenvalue weighted by Gasteiger charge is 2.26. The summed E-state index contributed by atoms with van der Waals surface area (Å²) >= 11 is 0. The first kappa shape index (κ1) is 34.3. The molecule has 0 atom stereocenters. The van der Waals surface area contributed by atoms with E-state index in [0.29, 0.717) is 23.7 Å². The highest BCUT2D eigenvalue weighted by atomic mass is 16.5. The zero-order valence-corrected chi connectivity index (χ0v) is 28.8. The van der Waals surface area contributed by atoms with Crippen LogP contribution < -0.4 is 19.3 Å². The number of hydrogen-bond donors (Lipinski definition) is 1. The fraction of sp³-hybridized carbons (Fsp3) is 0.256. The third-order valence-electron chi connectivity index (χ3n) is 9.11. The smallest absolute Gasteiger partial charge is 0.335 e. The van der Waals surface area contributed by atoms with Gasteiger partial charge in [-0.1, -0.05) is 86.6 Å². The predicted octanol–water partition coefficient (Wildman–Crippen LogP) is 9.50. The maximum atomic E-state index is 14.9. The number of carbonyl (C=O) groups excluding carboxylic acids is 1. The molecule has 0 saturated carbocycles. The molecule has 1 aliphatic heterocycles. The SMILES string of the molecule is CC(C)c1cc(C(=O)N(Cc2ccc(C(=O)O)cc2)c2ccc(N3CCCCC3)cc2)c(OCc2ccccc2)cc1OCc1ccccc1. The molecule has 0 aliphatic carbocycles. The molecule has 1 fully saturated rings. The van der Waals surface area contributed by atoms with Crippen LogP contribution in [0.4, 0.5) is 11.4 Å². The Bertz CT molecular complexity index is 1870. The Morgan fingerprint density at radius 1 is 0.700 bits per heavy atom. The average Bonchev–Trinajstić information content (AvgIpc) is 3.16. The molecule has 5 aromatic carbocycles. The summed E-state index contributed by atoms with van der Waals surface area (Å²) in [5, 5.41) is 9.47. The lowest BCUT2D eigenvalue weighted by Crippen LogP contribution is -2.31. The van der Waals surface area contributed by atoms with Gasteiger partial charge in [-0.05, 0) is 89.9 Å². The normalized spacial score (nSPS) is 12.8. The van der Waals surface area contributed by atoms with Crippen LogP contribution in [-0.4, -0.2) is 30.1 Å². The van der Waals surface area contributed by atoms with Crippen molar-refractivity contribution < 1.29 is 24.2 Å². The van der Waals surface area contributed by atoms with Crippen molar-refractivity contribution in [2.75, 3.05) is 22.9 Å². The van der Waals surface area contributed by atoms with Gasteiger partial charge in [0.2, 0.25) is 0 Å². The maximum Gasteiger partial charge on any atom is 0.335 e. The maximum absolute atomic E-state index is 14.9. The molecular weight excluding hydrogens is 624 g/mol. The first-order valence-electron chi connectivity index (χ1n) is 17.4. The Hall–Kier alpha value is -5.56. The molecule has 0 bridgehead atoms. The van der Waals surface area contributed by atoms with Gasteiger partial charge in [-0.2, -0.15) is 0 Å². The van der Waals surface area contributed by atoms with Gasteiger partial charge in [0.05, 0.1) is 17.7 Å². The zero-order chi connectivity index (χ0) is 34.9. The van der Waals surface area contributed by atoms with E-state index in [2.05, 4.69) is 30.9 Å². The predicted molar refractivity (Wildman–Crippen MR) is 198 cm³/mol. The van der Waals surface area contributed by atoms with Crippen LogP contribution in [0, 0.1) is 0 Å². The van der Waals surface area contributed by atoms with Gasteiger partial charge >= 0.3 is 5.97 Å². The summed E-state index contributed by atoms with van der Waals surface area (Å²) in [4.78, 5) is 30.6. The Morgan fingerprint density at radius 3 is 1.84 bits per heavy atom. The number of amides is 1. The summed E-state index contributed by atoms with van der Waals surface area (Å²) in [5.74, 6) is -0.0460. The molecule has 256 valence electrons. The van der Waals surface area contributed by atoms with Crippen molar-refractivity contribution in [1.29, 1.82) is 0 Å². The zero-order valence-electron chi connectivity index (χ0n) is 28.8. The van der Waals surface area contributed by atoms with Crippen molar-refractivity contribution in [2.24, 2.45) is 0 Å².